The molecule has 0 saturated heterocycles. The van der Waals surface area contributed by atoms with Gasteiger partial charge in [-0.25, -0.2) is 0 Å². The smallest absolute Gasteiger partial charge is 0.266 e. The number of hydrogen-bond acceptors (Lipinski definition) is 4. The van der Waals surface area contributed by atoms with Gasteiger partial charge in [0.2, 0.25) is 0 Å². The van der Waals surface area contributed by atoms with Crippen molar-refractivity contribution in [3.8, 4) is 17.6 Å². The number of rotatable bonds is 5. The van der Waals surface area contributed by atoms with E-state index in [1.807, 2.05) is 55.5 Å². The van der Waals surface area contributed by atoms with Crippen LogP contribution in [-0.4, -0.2) is 20.1 Å². The Hall–Kier alpha value is -3.78. The van der Waals surface area contributed by atoms with Crippen molar-refractivity contribution < 1.29 is 14.3 Å². The van der Waals surface area contributed by atoms with Crippen LogP contribution in [0.5, 0.6) is 11.5 Å². The van der Waals surface area contributed by atoms with E-state index in [2.05, 4.69) is 5.32 Å². The van der Waals surface area contributed by atoms with Crippen molar-refractivity contribution >= 4 is 28.4 Å². The molecule has 0 aliphatic rings. The van der Waals surface area contributed by atoms with Crippen molar-refractivity contribution in [2.45, 2.75) is 6.92 Å². The summed E-state index contributed by atoms with van der Waals surface area (Å²) in [5.41, 5.74) is 2.13. The molecule has 28 heavy (non-hydrogen) atoms. The largest absolute Gasteiger partial charge is 0.496 e. The molecule has 0 aliphatic heterocycles. The summed E-state index contributed by atoms with van der Waals surface area (Å²) in [6, 6.07) is 18.9. The standard InChI is InChI=1S/C23H20N2O3/c1-15-8-10-22(28-3)20(12-15)25-23(26)17(14-24)13-19-18-7-5-4-6-16(18)9-11-21(19)27-2/h4-13H,1-3H3,(H,25,26)/b17-13+. The van der Waals surface area contributed by atoms with Crippen molar-refractivity contribution in [1.82, 2.24) is 0 Å². The van der Waals surface area contributed by atoms with E-state index in [9.17, 15) is 10.1 Å². The third-order valence-electron chi connectivity index (χ3n) is 4.41. The third-order valence-corrected chi connectivity index (χ3v) is 4.41. The van der Waals surface area contributed by atoms with Gasteiger partial charge in [-0.1, -0.05) is 36.4 Å². The fraction of sp³-hybridized carbons (Fsp3) is 0.130. The Morgan fingerprint density at radius 2 is 1.75 bits per heavy atom. The molecule has 5 nitrogen and oxygen atoms in total. The molecule has 0 bridgehead atoms. The molecule has 0 unspecified atom stereocenters. The maximum absolute atomic E-state index is 12.8. The SMILES string of the molecule is COc1ccc(C)cc1NC(=O)/C(C#N)=C/c1c(OC)ccc2ccccc12. The monoisotopic (exact) mass is 372 g/mol. The molecule has 5 heteroatoms. The molecule has 0 aliphatic carbocycles. The highest BCUT2D eigenvalue weighted by Crippen LogP contribution is 2.31. The third kappa shape index (κ3) is 3.81. The van der Waals surface area contributed by atoms with Crippen LogP contribution in [0.15, 0.2) is 60.2 Å². The van der Waals surface area contributed by atoms with Gasteiger partial charge in [-0.3, -0.25) is 4.79 Å². The summed E-state index contributed by atoms with van der Waals surface area (Å²) in [4.78, 5) is 12.8. The van der Waals surface area contributed by atoms with E-state index in [4.69, 9.17) is 9.47 Å². The Balaban J connectivity index is 2.04. The van der Waals surface area contributed by atoms with Crippen LogP contribution in [0, 0.1) is 18.3 Å². The van der Waals surface area contributed by atoms with Crippen LogP contribution < -0.4 is 14.8 Å². The zero-order valence-corrected chi connectivity index (χ0v) is 15.9. The zero-order chi connectivity index (χ0) is 20.1. The molecule has 0 aromatic heterocycles. The number of methoxy groups -OCH3 is 2. The lowest BCUT2D eigenvalue weighted by Gasteiger charge is -2.12. The highest BCUT2D eigenvalue weighted by atomic mass is 16.5. The summed E-state index contributed by atoms with van der Waals surface area (Å²) in [7, 11) is 3.09. The molecule has 140 valence electrons. The van der Waals surface area contributed by atoms with Crippen LogP contribution in [0.3, 0.4) is 0 Å². The second kappa shape index (κ2) is 8.28. The molecule has 1 amide bonds. The van der Waals surface area contributed by atoms with Gasteiger partial charge in [0.15, 0.2) is 0 Å². The Morgan fingerprint density at radius 3 is 2.46 bits per heavy atom. The Bertz CT molecular complexity index is 1110. The first-order chi connectivity index (χ1) is 13.6. The second-order valence-corrected chi connectivity index (χ2v) is 6.23. The van der Waals surface area contributed by atoms with E-state index in [0.717, 1.165) is 16.3 Å². The molecular weight excluding hydrogens is 352 g/mol. The first-order valence-electron chi connectivity index (χ1n) is 8.71. The van der Waals surface area contributed by atoms with Crippen LogP contribution in [-0.2, 0) is 4.79 Å². The van der Waals surface area contributed by atoms with Crippen molar-refractivity contribution in [3.63, 3.8) is 0 Å². The number of aryl methyl sites for hydroxylation is 1. The molecule has 3 aromatic rings. The van der Waals surface area contributed by atoms with E-state index in [1.165, 1.54) is 7.11 Å². The molecular formula is C23H20N2O3. The Labute approximate surface area is 163 Å². The Morgan fingerprint density at radius 1 is 1.04 bits per heavy atom. The van der Waals surface area contributed by atoms with Gasteiger partial charge < -0.3 is 14.8 Å². The molecule has 0 radical (unpaired) electrons. The van der Waals surface area contributed by atoms with Crippen LogP contribution in [0.25, 0.3) is 16.8 Å². The molecule has 3 aromatic carbocycles. The lowest BCUT2D eigenvalue weighted by Crippen LogP contribution is -2.14. The molecule has 0 spiro atoms. The van der Waals surface area contributed by atoms with Crippen LogP contribution >= 0.6 is 0 Å². The number of nitrogens with zero attached hydrogens (tertiary/aromatic N) is 1. The number of hydrogen-bond donors (Lipinski definition) is 1. The topological polar surface area (TPSA) is 71.3 Å². The minimum absolute atomic E-state index is 0.0294. The van der Waals surface area contributed by atoms with Gasteiger partial charge in [0.05, 0.1) is 19.9 Å². The van der Waals surface area contributed by atoms with E-state index in [1.54, 1.807) is 25.3 Å². The summed E-state index contributed by atoms with van der Waals surface area (Å²) in [6.45, 7) is 1.91. The summed E-state index contributed by atoms with van der Waals surface area (Å²) in [5, 5.41) is 14.3. The fourth-order valence-corrected chi connectivity index (χ4v) is 3.00. The average Bonchev–Trinajstić information content (AvgIpc) is 2.71. The highest BCUT2D eigenvalue weighted by Gasteiger charge is 2.15. The van der Waals surface area contributed by atoms with Crippen molar-refractivity contribution in [2.75, 3.05) is 19.5 Å². The summed E-state index contributed by atoms with van der Waals surface area (Å²) >= 11 is 0. The number of benzene rings is 3. The normalized spacial score (nSPS) is 11.0. The van der Waals surface area contributed by atoms with Crippen LogP contribution in [0.1, 0.15) is 11.1 Å². The molecule has 1 N–H and O–H groups in total. The van der Waals surface area contributed by atoms with Crippen molar-refractivity contribution in [3.05, 3.63) is 71.3 Å². The molecule has 0 atom stereocenters. The number of amides is 1. The van der Waals surface area contributed by atoms with Gasteiger partial charge in [0.25, 0.3) is 5.91 Å². The average molecular weight is 372 g/mol. The van der Waals surface area contributed by atoms with E-state index >= 15 is 0 Å². The molecule has 0 saturated carbocycles. The number of nitrogens with one attached hydrogen (secondary N) is 1. The maximum Gasteiger partial charge on any atom is 0.266 e. The van der Waals surface area contributed by atoms with E-state index < -0.39 is 5.91 Å². The van der Waals surface area contributed by atoms with Gasteiger partial charge in [-0.05, 0) is 47.5 Å². The molecule has 0 fully saturated rings. The van der Waals surface area contributed by atoms with Gasteiger partial charge >= 0.3 is 0 Å². The fourth-order valence-electron chi connectivity index (χ4n) is 3.00. The van der Waals surface area contributed by atoms with E-state index in [0.29, 0.717) is 22.7 Å². The van der Waals surface area contributed by atoms with Crippen LogP contribution in [0.4, 0.5) is 5.69 Å². The summed E-state index contributed by atoms with van der Waals surface area (Å²) in [5.74, 6) is 0.604. The summed E-state index contributed by atoms with van der Waals surface area (Å²) in [6.07, 6.45) is 1.55. The maximum atomic E-state index is 12.8. The van der Waals surface area contributed by atoms with Crippen LogP contribution in [0.2, 0.25) is 0 Å². The second-order valence-electron chi connectivity index (χ2n) is 6.23. The van der Waals surface area contributed by atoms with Gasteiger partial charge in [-0.15, -0.1) is 0 Å². The number of carbonyl (C=O) groups is 1. The minimum atomic E-state index is -0.513. The predicted molar refractivity (Wildman–Crippen MR) is 110 cm³/mol. The Kier molecular flexibility index (Phi) is 5.61. The first-order valence-corrected chi connectivity index (χ1v) is 8.71. The van der Waals surface area contributed by atoms with Gasteiger partial charge in [0.1, 0.15) is 23.1 Å². The predicted octanol–water partition coefficient (Wildman–Crippen LogP) is 4.71. The first kappa shape index (κ1) is 19.0. The molecule has 3 rings (SSSR count). The number of carbonyl (C=O) groups excluding carboxylic acids is 1. The van der Waals surface area contributed by atoms with Crippen molar-refractivity contribution in [2.24, 2.45) is 0 Å². The number of fused-ring (bicyclic) bond motifs is 1. The summed E-state index contributed by atoms with van der Waals surface area (Å²) < 4.78 is 10.7. The number of ether oxygens (including phenoxy) is 2. The lowest BCUT2D eigenvalue weighted by molar-refractivity contribution is -0.112. The quantitative estimate of drug-likeness (QED) is 0.520. The number of anilines is 1. The zero-order valence-electron chi connectivity index (χ0n) is 15.9. The lowest BCUT2D eigenvalue weighted by atomic mass is 10.0. The van der Waals surface area contributed by atoms with Crippen molar-refractivity contribution in [1.29, 1.82) is 5.26 Å². The minimum Gasteiger partial charge on any atom is -0.496 e. The van der Waals surface area contributed by atoms with Gasteiger partial charge in [0, 0.05) is 5.56 Å². The molecule has 0 heterocycles. The highest BCUT2D eigenvalue weighted by molar-refractivity contribution is 6.11. The van der Waals surface area contributed by atoms with E-state index in [-0.39, 0.29) is 5.57 Å². The number of nitriles is 1. The van der Waals surface area contributed by atoms with Gasteiger partial charge in [-0.2, -0.15) is 5.26 Å².